The number of hydrogen-bond acceptors (Lipinski definition) is 7. The molecule has 0 amide bonds. The molecule has 1 aliphatic rings. The molecule has 7 nitrogen and oxygen atoms in total. The first kappa shape index (κ1) is 21.6. The van der Waals surface area contributed by atoms with Crippen LogP contribution in [-0.2, 0) is 18.3 Å². The van der Waals surface area contributed by atoms with E-state index in [1.165, 1.54) is 16.9 Å². The number of carbonyl (C=O) groups is 1. The van der Waals surface area contributed by atoms with Gasteiger partial charge in [0.15, 0.2) is 21.3 Å². The molecule has 0 saturated carbocycles. The molecule has 0 bridgehead atoms. The Labute approximate surface area is 186 Å². The number of anilines is 1. The average Bonchev–Trinajstić information content (AvgIpc) is 3.42. The minimum Gasteiger partial charge on any atom is -0.338 e. The van der Waals surface area contributed by atoms with E-state index >= 15 is 0 Å². The monoisotopic (exact) mass is 439 g/mol. The number of benzene rings is 1. The Morgan fingerprint density at radius 1 is 1.26 bits per heavy atom. The molecule has 1 fully saturated rings. The van der Waals surface area contributed by atoms with Crippen molar-refractivity contribution in [3.8, 4) is 0 Å². The summed E-state index contributed by atoms with van der Waals surface area (Å²) < 4.78 is 1.59. The van der Waals surface area contributed by atoms with Crippen LogP contribution in [-0.4, -0.2) is 51.9 Å². The van der Waals surface area contributed by atoms with E-state index in [4.69, 9.17) is 4.98 Å². The summed E-state index contributed by atoms with van der Waals surface area (Å²) in [5.74, 6) is 0.956. The number of nitrogens with zero attached hydrogens (tertiary/aromatic N) is 5. The molecular formula is C23H29N5O2S. The van der Waals surface area contributed by atoms with Crippen LogP contribution in [0, 0.1) is 0 Å². The zero-order valence-electron chi connectivity index (χ0n) is 18.5. The summed E-state index contributed by atoms with van der Waals surface area (Å²) in [5.41, 5.74) is 1.43. The fraction of sp³-hybridized carbons (Fsp3) is 0.478. The molecule has 4 rings (SSSR count). The van der Waals surface area contributed by atoms with Gasteiger partial charge in [-0.2, -0.15) is 0 Å². The van der Waals surface area contributed by atoms with E-state index in [-0.39, 0.29) is 23.4 Å². The molecule has 1 saturated heterocycles. The van der Waals surface area contributed by atoms with Crippen LogP contribution in [0.4, 0.5) is 5.13 Å². The van der Waals surface area contributed by atoms with Gasteiger partial charge < -0.3 is 4.90 Å². The molecule has 1 aliphatic heterocycles. The maximum Gasteiger partial charge on any atom is 0.280 e. The minimum absolute atomic E-state index is 0.00625. The molecule has 1 aromatic carbocycles. The fourth-order valence-electron chi connectivity index (χ4n) is 4.09. The summed E-state index contributed by atoms with van der Waals surface area (Å²) >= 11 is 1.42. The Balaban J connectivity index is 1.59. The average molecular weight is 440 g/mol. The maximum absolute atomic E-state index is 13.0. The Morgan fingerprint density at radius 3 is 2.71 bits per heavy atom. The predicted molar refractivity (Wildman–Crippen MR) is 125 cm³/mol. The SMILES string of the molecule is C[C@@H](c1nc2sc(N3CCC[C@@H]3C(=O)CCc3ccccc3)nc2c(=O)n1C)N(C)C. The highest BCUT2D eigenvalue weighted by atomic mass is 32.1. The largest absolute Gasteiger partial charge is 0.338 e. The number of fused-ring (bicyclic) bond motifs is 1. The number of aromatic nitrogens is 3. The van der Waals surface area contributed by atoms with Gasteiger partial charge in [0, 0.05) is 20.0 Å². The van der Waals surface area contributed by atoms with Crippen LogP contribution in [0.5, 0.6) is 0 Å². The topological polar surface area (TPSA) is 71.3 Å². The summed E-state index contributed by atoms with van der Waals surface area (Å²) in [6.45, 7) is 2.81. The van der Waals surface area contributed by atoms with Crippen LogP contribution in [0.15, 0.2) is 35.1 Å². The van der Waals surface area contributed by atoms with E-state index in [1.807, 2.05) is 44.1 Å². The number of ketones is 1. The number of rotatable bonds is 7. The molecule has 3 heterocycles. The molecule has 0 aliphatic carbocycles. The first-order valence-corrected chi connectivity index (χ1v) is 11.6. The number of hydrogen-bond donors (Lipinski definition) is 0. The summed E-state index contributed by atoms with van der Waals surface area (Å²) in [6, 6.07) is 9.94. The first-order valence-electron chi connectivity index (χ1n) is 10.7. The van der Waals surface area contributed by atoms with Crippen molar-refractivity contribution in [1.29, 1.82) is 0 Å². The van der Waals surface area contributed by atoms with Gasteiger partial charge in [-0.3, -0.25) is 19.1 Å². The van der Waals surface area contributed by atoms with Crippen molar-refractivity contribution in [3.63, 3.8) is 0 Å². The highest BCUT2D eigenvalue weighted by molar-refractivity contribution is 7.21. The normalized spacial score (nSPS) is 17.6. The molecule has 2 aromatic heterocycles. The van der Waals surface area contributed by atoms with E-state index in [9.17, 15) is 9.59 Å². The zero-order chi connectivity index (χ0) is 22.1. The second-order valence-corrected chi connectivity index (χ2v) is 9.38. The van der Waals surface area contributed by atoms with Crippen molar-refractivity contribution >= 4 is 32.6 Å². The molecular weight excluding hydrogens is 410 g/mol. The number of aryl methyl sites for hydroxylation is 1. The van der Waals surface area contributed by atoms with Gasteiger partial charge >= 0.3 is 0 Å². The highest BCUT2D eigenvalue weighted by Gasteiger charge is 2.33. The Morgan fingerprint density at radius 2 is 2.00 bits per heavy atom. The van der Waals surface area contributed by atoms with Gasteiger partial charge in [0.25, 0.3) is 5.56 Å². The predicted octanol–water partition coefficient (Wildman–Crippen LogP) is 3.18. The Bertz CT molecular complexity index is 1140. The Kier molecular flexibility index (Phi) is 6.20. The van der Waals surface area contributed by atoms with Crippen molar-refractivity contribution in [2.75, 3.05) is 25.5 Å². The molecule has 0 spiro atoms. The molecule has 0 radical (unpaired) electrons. The van der Waals surface area contributed by atoms with Crippen LogP contribution in [0.1, 0.15) is 43.6 Å². The van der Waals surface area contributed by atoms with Gasteiger partial charge in [0.1, 0.15) is 5.82 Å². The minimum atomic E-state index is -0.173. The zero-order valence-corrected chi connectivity index (χ0v) is 19.4. The molecule has 8 heteroatoms. The van der Waals surface area contributed by atoms with Crippen LogP contribution in [0.2, 0.25) is 0 Å². The molecule has 3 aromatic rings. The third-order valence-corrected chi connectivity index (χ3v) is 7.17. The van der Waals surface area contributed by atoms with Crippen LogP contribution < -0.4 is 10.5 Å². The number of carbonyl (C=O) groups excluding carboxylic acids is 1. The van der Waals surface area contributed by atoms with Gasteiger partial charge in [-0.1, -0.05) is 41.7 Å². The lowest BCUT2D eigenvalue weighted by Crippen LogP contribution is -2.36. The fourth-order valence-corrected chi connectivity index (χ4v) is 5.11. The second kappa shape index (κ2) is 8.88. The van der Waals surface area contributed by atoms with E-state index in [0.717, 1.165) is 36.8 Å². The summed E-state index contributed by atoms with van der Waals surface area (Å²) in [6.07, 6.45) is 3.04. The van der Waals surface area contributed by atoms with E-state index in [0.29, 0.717) is 16.8 Å². The lowest BCUT2D eigenvalue weighted by Gasteiger charge is -2.22. The number of Topliss-reactive ketones (excluding diaryl/α,β-unsaturated/α-hetero) is 1. The van der Waals surface area contributed by atoms with Crippen molar-refractivity contribution < 1.29 is 4.79 Å². The molecule has 31 heavy (non-hydrogen) atoms. The lowest BCUT2D eigenvalue weighted by atomic mass is 10.0. The summed E-state index contributed by atoms with van der Waals surface area (Å²) in [4.78, 5) is 40.1. The Hall–Kier alpha value is -2.58. The quantitative estimate of drug-likeness (QED) is 0.563. The van der Waals surface area contributed by atoms with Gasteiger partial charge in [-0.25, -0.2) is 9.97 Å². The van der Waals surface area contributed by atoms with E-state index < -0.39 is 0 Å². The van der Waals surface area contributed by atoms with E-state index in [2.05, 4.69) is 22.0 Å². The van der Waals surface area contributed by atoms with Crippen LogP contribution in [0.3, 0.4) is 0 Å². The molecule has 0 N–H and O–H groups in total. The molecule has 164 valence electrons. The van der Waals surface area contributed by atoms with Crippen LogP contribution in [0.25, 0.3) is 10.3 Å². The maximum atomic E-state index is 13.0. The smallest absolute Gasteiger partial charge is 0.280 e. The first-order chi connectivity index (χ1) is 14.9. The van der Waals surface area contributed by atoms with Gasteiger partial charge in [0.2, 0.25) is 0 Å². The van der Waals surface area contributed by atoms with E-state index in [1.54, 1.807) is 11.6 Å². The standard InChI is InChI=1S/C23H29N5O2S/c1-15(26(2)3)20-25-21-19(22(30)27(20)4)24-23(31-21)28-14-8-11-17(28)18(29)13-12-16-9-6-5-7-10-16/h5-7,9-10,15,17H,8,11-14H2,1-4H3/t15-,17+/m0/s1. The molecule has 0 unspecified atom stereocenters. The molecule has 2 atom stereocenters. The lowest BCUT2D eigenvalue weighted by molar-refractivity contribution is -0.120. The highest BCUT2D eigenvalue weighted by Crippen LogP contribution is 2.33. The van der Waals surface area contributed by atoms with Crippen molar-refractivity contribution in [2.45, 2.75) is 44.7 Å². The number of thiazole rings is 1. The van der Waals surface area contributed by atoms with Crippen molar-refractivity contribution in [1.82, 2.24) is 19.4 Å². The summed E-state index contributed by atoms with van der Waals surface area (Å²) in [5, 5.41) is 0.727. The second-order valence-electron chi connectivity index (χ2n) is 8.43. The van der Waals surface area contributed by atoms with Gasteiger partial charge in [0.05, 0.1) is 12.1 Å². The third-order valence-electron chi connectivity index (χ3n) is 6.19. The van der Waals surface area contributed by atoms with Crippen molar-refractivity contribution in [3.05, 3.63) is 52.1 Å². The van der Waals surface area contributed by atoms with Crippen molar-refractivity contribution in [2.24, 2.45) is 7.05 Å². The summed E-state index contributed by atoms with van der Waals surface area (Å²) in [7, 11) is 5.68. The van der Waals surface area contributed by atoms with Gasteiger partial charge in [-0.15, -0.1) is 0 Å². The van der Waals surface area contributed by atoms with Gasteiger partial charge in [-0.05, 0) is 45.8 Å². The third kappa shape index (κ3) is 4.27. The van der Waals surface area contributed by atoms with Crippen LogP contribution >= 0.6 is 11.3 Å².